The van der Waals surface area contributed by atoms with Gasteiger partial charge in [-0.3, -0.25) is 9.10 Å². The van der Waals surface area contributed by atoms with Crippen molar-refractivity contribution in [2.24, 2.45) is 5.92 Å². The Morgan fingerprint density at radius 3 is 2.74 bits per heavy atom. The monoisotopic (exact) mass is 453 g/mol. The number of rotatable bonds is 10. The SMILES string of the molecule is CC1CCCN(CCCNC(=O)CCCN(c2ccc3c(c2)OCCO3)S(C)(=O)=O)C1. The van der Waals surface area contributed by atoms with E-state index in [0.717, 1.165) is 32.0 Å². The van der Waals surface area contributed by atoms with Crippen molar-refractivity contribution in [2.45, 2.75) is 39.0 Å². The van der Waals surface area contributed by atoms with E-state index in [4.69, 9.17) is 9.47 Å². The molecule has 0 aliphatic carbocycles. The minimum atomic E-state index is -3.48. The van der Waals surface area contributed by atoms with E-state index >= 15 is 0 Å². The number of ether oxygens (including phenoxy) is 2. The van der Waals surface area contributed by atoms with Gasteiger partial charge in [-0.1, -0.05) is 6.92 Å². The third kappa shape index (κ3) is 7.28. The zero-order valence-corrected chi connectivity index (χ0v) is 19.5. The number of nitrogens with zero attached hydrogens (tertiary/aromatic N) is 2. The first-order valence-corrected chi connectivity index (χ1v) is 13.0. The summed E-state index contributed by atoms with van der Waals surface area (Å²) in [4.78, 5) is 14.6. The summed E-state index contributed by atoms with van der Waals surface area (Å²) < 4.78 is 37.0. The van der Waals surface area contributed by atoms with Gasteiger partial charge in [0.1, 0.15) is 13.2 Å². The van der Waals surface area contributed by atoms with Crippen molar-refractivity contribution in [2.75, 3.05) is 56.5 Å². The van der Waals surface area contributed by atoms with Crippen LogP contribution in [0.4, 0.5) is 5.69 Å². The number of piperidine rings is 1. The molecule has 8 nitrogen and oxygen atoms in total. The molecule has 0 bridgehead atoms. The number of hydrogen-bond acceptors (Lipinski definition) is 6. The fraction of sp³-hybridized carbons (Fsp3) is 0.682. The van der Waals surface area contributed by atoms with E-state index in [1.165, 1.54) is 23.4 Å². The molecule has 0 saturated carbocycles. The van der Waals surface area contributed by atoms with Gasteiger partial charge in [-0.25, -0.2) is 8.42 Å². The lowest BCUT2D eigenvalue weighted by atomic mass is 10.0. The summed E-state index contributed by atoms with van der Waals surface area (Å²) in [6.07, 6.45) is 5.41. The molecule has 2 aliphatic rings. The lowest BCUT2D eigenvalue weighted by molar-refractivity contribution is -0.121. The maximum Gasteiger partial charge on any atom is 0.232 e. The normalized spacial score (nSPS) is 19.1. The fourth-order valence-corrected chi connectivity index (χ4v) is 5.12. The van der Waals surface area contributed by atoms with E-state index in [-0.39, 0.29) is 18.9 Å². The van der Waals surface area contributed by atoms with Gasteiger partial charge in [0, 0.05) is 32.1 Å². The van der Waals surface area contributed by atoms with E-state index in [0.29, 0.717) is 43.4 Å². The van der Waals surface area contributed by atoms with Crippen LogP contribution in [0.1, 0.15) is 39.0 Å². The first kappa shape index (κ1) is 23.7. The number of fused-ring (bicyclic) bond motifs is 1. The molecule has 1 aromatic rings. The van der Waals surface area contributed by atoms with Crippen LogP contribution in [0.15, 0.2) is 18.2 Å². The predicted molar refractivity (Wildman–Crippen MR) is 121 cm³/mol. The second kappa shape index (κ2) is 11.0. The van der Waals surface area contributed by atoms with Crippen LogP contribution < -0.4 is 19.1 Å². The van der Waals surface area contributed by atoms with Gasteiger partial charge >= 0.3 is 0 Å². The topological polar surface area (TPSA) is 88.2 Å². The van der Waals surface area contributed by atoms with Crippen molar-refractivity contribution in [3.63, 3.8) is 0 Å². The van der Waals surface area contributed by atoms with Crippen LogP contribution in [0.25, 0.3) is 0 Å². The number of amides is 1. The first-order chi connectivity index (χ1) is 14.8. The van der Waals surface area contributed by atoms with Crippen LogP contribution in [-0.4, -0.2) is 71.4 Å². The average molecular weight is 454 g/mol. The molecule has 1 amide bonds. The number of likely N-dealkylation sites (tertiary alicyclic amines) is 1. The zero-order chi connectivity index (χ0) is 22.3. The molecule has 1 saturated heterocycles. The summed E-state index contributed by atoms with van der Waals surface area (Å²) in [7, 11) is -3.48. The van der Waals surface area contributed by atoms with Gasteiger partial charge in [-0.05, 0) is 56.8 Å². The number of benzene rings is 1. The molecule has 174 valence electrons. The summed E-state index contributed by atoms with van der Waals surface area (Å²) in [5.74, 6) is 1.87. The molecule has 2 aliphatic heterocycles. The van der Waals surface area contributed by atoms with Crippen LogP contribution >= 0.6 is 0 Å². The first-order valence-electron chi connectivity index (χ1n) is 11.2. The second-order valence-electron chi connectivity index (χ2n) is 8.52. The van der Waals surface area contributed by atoms with Gasteiger partial charge in [-0.2, -0.15) is 0 Å². The third-order valence-electron chi connectivity index (χ3n) is 5.69. The van der Waals surface area contributed by atoms with Crippen molar-refractivity contribution in [1.29, 1.82) is 0 Å². The maximum atomic E-state index is 12.3. The molecule has 1 fully saturated rings. The van der Waals surface area contributed by atoms with Gasteiger partial charge in [0.15, 0.2) is 11.5 Å². The number of hydrogen-bond donors (Lipinski definition) is 1. The number of carbonyl (C=O) groups excluding carboxylic acids is 1. The van der Waals surface area contributed by atoms with Crippen molar-refractivity contribution in [3.05, 3.63) is 18.2 Å². The lowest BCUT2D eigenvalue weighted by Gasteiger charge is -2.30. The molecule has 9 heteroatoms. The average Bonchev–Trinajstić information content (AvgIpc) is 2.73. The van der Waals surface area contributed by atoms with E-state index in [1.54, 1.807) is 18.2 Å². The Morgan fingerprint density at radius 2 is 2.00 bits per heavy atom. The summed E-state index contributed by atoms with van der Waals surface area (Å²) in [6, 6.07) is 5.10. The molecule has 1 atom stereocenters. The Kier molecular flexibility index (Phi) is 8.43. The van der Waals surface area contributed by atoms with Gasteiger partial charge in [0.2, 0.25) is 15.9 Å². The van der Waals surface area contributed by atoms with Crippen molar-refractivity contribution in [1.82, 2.24) is 10.2 Å². The second-order valence-corrected chi connectivity index (χ2v) is 10.4. The Hall–Kier alpha value is -2.00. The zero-order valence-electron chi connectivity index (χ0n) is 18.6. The number of anilines is 1. The lowest BCUT2D eigenvalue weighted by Crippen LogP contribution is -2.36. The van der Waals surface area contributed by atoms with Gasteiger partial charge < -0.3 is 19.7 Å². The highest BCUT2D eigenvalue weighted by molar-refractivity contribution is 7.92. The molecule has 2 heterocycles. The molecule has 31 heavy (non-hydrogen) atoms. The highest BCUT2D eigenvalue weighted by atomic mass is 32.2. The Labute approximate surface area is 185 Å². The van der Waals surface area contributed by atoms with Crippen molar-refractivity contribution in [3.8, 4) is 11.5 Å². The molecular weight excluding hydrogens is 418 g/mol. The predicted octanol–water partition coefficient (Wildman–Crippen LogP) is 2.24. The Balaban J connectivity index is 1.42. The fourth-order valence-electron chi connectivity index (χ4n) is 4.17. The van der Waals surface area contributed by atoms with E-state index in [1.807, 2.05) is 0 Å². The summed E-state index contributed by atoms with van der Waals surface area (Å²) in [5.41, 5.74) is 0.517. The third-order valence-corrected chi connectivity index (χ3v) is 6.89. The van der Waals surface area contributed by atoms with Crippen LogP contribution in [0.3, 0.4) is 0 Å². The maximum absolute atomic E-state index is 12.3. The summed E-state index contributed by atoms with van der Waals surface area (Å²) in [6.45, 7) is 7.41. The van der Waals surface area contributed by atoms with Crippen molar-refractivity contribution < 1.29 is 22.7 Å². The van der Waals surface area contributed by atoms with E-state index in [2.05, 4.69) is 17.1 Å². The minimum Gasteiger partial charge on any atom is -0.486 e. The molecule has 1 aromatic carbocycles. The summed E-state index contributed by atoms with van der Waals surface area (Å²) >= 11 is 0. The minimum absolute atomic E-state index is 0.0392. The molecule has 1 N–H and O–H groups in total. The largest absolute Gasteiger partial charge is 0.486 e. The van der Waals surface area contributed by atoms with Crippen molar-refractivity contribution >= 4 is 21.6 Å². The molecular formula is C22H35N3O5S. The highest BCUT2D eigenvalue weighted by Crippen LogP contribution is 2.34. The van der Waals surface area contributed by atoms with Gasteiger partial charge in [0.05, 0.1) is 11.9 Å². The molecule has 0 radical (unpaired) electrons. The standard InChI is InChI=1S/C22H35N3O5S/c1-18-6-3-11-24(17-18)12-5-10-23-22(26)7-4-13-25(31(2,27)28)19-8-9-20-21(16-19)30-15-14-29-20/h8-9,16,18H,3-7,10-15,17H2,1-2H3,(H,23,26). The Morgan fingerprint density at radius 1 is 1.23 bits per heavy atom. The molecule has 0 spiro atoms. The van der Waals surface area contributed by atoms with E-state index in [9.17, 15) is 13.2 Å². The Bertz CT molecular complexity index is 846. The van der Waals surface area contributed by atoms with Gasteiger partial charge in [-0.15, -0.1) is 0 Å². The molecule has 0 aromatic heterocycles. The number of sulfonamides is 1. The van der Waals surface area contributed by atoms with Crippen LogP contribution in [0.5, 0.6) is 11.5 Å². The van der Waals surface area contributed by atoms with Crippen LogP contribution in [-0.2, 0) is 14.8 Å². The summed E-state index contributed by atoms with van der Waals surface area (Å²) in [5, 5.41) is 2.96. The van der Waals surface area contributed by atoms with Crippen LogP contribution in [0, 0.1) is 5.92 Å². The van der Waals surface area contributed by atoms with Crippen LogP contribution in [0.2, 0.25) is 0 Å². The molecule has 1 unspecified atom stereocenters. The molecule has 3 rings (SSSR count). The van der Waals surface area contributed by atoms with Gasteiger partial charge in [0.25, 0.3) is 0 Å². The number of carbonyl (C=O) groups is 1. The number of nitrogens with one attached hydrogen (secondary N) is 1. The smallest absolute Gasteiger partial charge is 0.232 e. The quantitative estimate of drug-likeness (QED) is 0.547. The van der Waals surface area contributed by atoms with E-state index < -0.39 is 10.0 Å². The highest BCUT2D eigenvalue weighted by Gasteiger charge is 2.21.